The number of para-hydroxylation sites is 1. The van der Waals surface area contributed by atoms with Gasteiger partial charge in [0, 0.05) is 17.3 Å². The van der Waals surface area contributed by atoms with E-state index in [1.165, 1.54) is 4.57 Å². The molecule has 7 heteroatoms. The zero-order valence-corrected chi connectivity index (χ0v) is 17.5. The number of aromatic hydroxyl groups is 1. The van der Waals surface area contributed by atoms with Crippen molar-refractivity contribution in [1.82, 2.24) is 14.5 Å². The summed E-state index contributed by atoms with van der Waals surface area (Å²) >= 11 is 0. The van der Waals surface area contributed by atoms with Gasteiger partial charge in [-0.2, -0.15) is 0 Å². The van der Waals surface area contributed by atoms with Crippen LogP contribution in [0, 0.1) is 0 Å². The summed E-state index contributed by atoms with van der Waals surface area (Å²) in [7, 11) is 2.00. The van der Waals surface area contributed by atoms with Crippen molar-refractivity contribution in [3.8, 4) is 11.6 Å². The van der Waals surface area contributed by atoms with Crippen molar-refractivity contribution >= 4 is 10.9 Å². The van der Waals surface area contributed by atoms with Gasteiger partial charge in [0.15, 0.2) is 6.04 Å². The molecule has 2 aromatic heterocycles. The topological polar surface area (TPSA) is 95.3 Å². The standard InChI is InChI=1S/C24H24N4O3/c1-3-14-8-10-15(11-9-14)28-23(30)19(22(29)26-24(28)31)21-20-17(12-13-27(21)2)16-6-4-5-7-18(16)25-20/h4-11,21,25,30H,3,12-13H2,1-2H3,(H,26,29,31)/p+1/t21-/m1/s1. The Morgan fingerprint density at radius 3 is 2.58 bits per heavy atom. The average molecular weight is 417 g/mol. The SMILES string of the molecule is CCc1ccc(-n2c(O)c([C@@H]3c4[nH]c5ccccc5c4CC[NH+]3C)c(=O)[nH]c2=O)cc1. The van der Waals surface area contributed by atoms with Gasteiger partial charge in [0.25, 0.3) is 5.56 Å². The quantitative estimate of drug-likeness (QED) is 0.406. The molecule has 0 amide bonds. The molecule has 1 unspecified atom stereocenters. The molecule has 0 bridgehead atoms. The van der Waals surface area contributed by atoms with Crippen LogP contribution in [0.5, 0.6) is 5.88 Å². The first-order chi connectivity index (χ1) is 15.0. The summed E-state index contributed by atoms with van der Waals surface area (Å²) in [6.45, 7) is 2.86. The van der Waals surface area contributed by atoms with Gasteiger partial charge in [-0.1, -0.05) is 37.3 Å². The Kier molecular flexibility index (Phi) is 4.55. The number of likely N-dealkylation sites (N-methyl/N-ethyl adjacent to an activating group) is 1. The van der Waals surface area contributed by atoms with E-state index in [1.807, 2.05) is 37.4 Å². The molecule has 3 heterocycles. The summed E-state index contributed by atoms with van der Waals surface area (Å²) in [6, 6.07) is 15.0. The van der Waals surface area contributed by atoms with Crippen LogP contribution in [-0.2, 0) is 12.8 Å². The lowest BCUT2D eigenvalue weighted by atomic mass is 9.93. The number of rotatable bonds is 3. The third-order valence-corrected chi connectivity index (χ3v) is 6.41. The fourth-order valence-electron chi connectivity index (χ4n) is 4.76. The molecular formula is C24H25N4O3+. The molecule has 0 saturated heterocycles. The van der Waals surface area contributed by atoms with Crippen molar-refractivity contribution in [2.45, 2.75) is 25.8 Å². The molecular weight excluding hydrogens is 392 g/mol. The Hall–Kier alpha value is -3.58. The van der Waals surface area contributed by atoms with E-state index in [9.17, 15) is 14.7 Å². The Morgan fingerprint density at radius 1 is 1.10 bits per heavy atom. The van der Waals surface area contributed by atoms with E-state index in [1.54, 1.807) is 12.1 Å². The molecule has 5 rings (SSSR count). The maximum absolute atomic E-state index is 13.0. The van der Waals surface area contributed by atoms with Crippen molar-refractivity contribution in [2.75, 3.05) is 13.6 Å². The van der Waals surface area contributed by atoms with Crippen LogP contribution in [0.3, 0.4) is 0 Å². The molecule has 0 saturated carbocycles. The lowest BCUT2D eigenvalue weighted by molar-refractivity contribution is -0.908. The number of nitrogens with one attached hydrogen (secondary N) is 3. The van der Waals surface area contributed by atoms with Gasteiger partial charge in [0.2, 0.25) is 5.88 Å². The van der Waals surface area contributed by atoms with Crippen LogP contribution >= 0.6 is 0 Å². The van der Waals surface area contributed by atoms with E-state index in [0.717, 1.165) is 52.0 Å². The van der Waals surface area contributed by atoms with Gasteiger partial charge in [-0.25, -0.2) is 9.36 Å². The second-order valence-electron chi connectivity index (χ2n) is 8.19. The summed E-state index contributed by atoms with van der Waals surface area (Å²) in [5, 5.41) is 12.4. The summed E-state index contributed by atoms with van der Waals surface area (Å²) < 4.78 is 1.18. The molecule has 4 aromatic rings. The van der Waals surface area contributed by atoms with Gasteiger partial charge in [-0.05, 0) is 35.7 Å². The average Bonchev–Trinajstić information content (AvgIpc) is 3.14. The number of quaternary nitrogens is 1. The lowest BCUT2D eigenvalue weighted by Crippen LogP contribution is -3.10. The third-order valence-electron chi connectivity index (χ3n) is 6.41. The summed E-state index contributed by atoms with van der Waals surface area (Å²) in [5.74, 6) is -0.311. The van der Waals surface area contributed by atoms with Crippen LogP contribution in [0.1, 0.15) is 35.3 Å². The van der Waals surface area contributed by atoms with Crippen LogP contribution in [0.2, 0.25) is 0 Å². The predicted molar refractivity (Wildman–Crippen MR) is 119 cm³/mol. The van der Waals surface area contributed by atoms with Crippen LogP contribution < -0.4 is 16.1 Å². The monoisotopic (exact) mass is 417 g/mol. The first kappa shape index (κ1) is 19.4. The molecule has 2 aromatic carbocycles. The number of aryl methyl sites for hydroxylation is 1. The number of hydrogen-bond donors (Lipinski definition) is 4. The highest BCUT2D eigenvalue weighted by Crippen LogP contribution is 2.33. The van der Waals surface area contributed by atoms with Crippen LogP contribution in [0.25, 0.3) is 16.6 Å². The minimum atomic E-state index is -0.652. The van der Waals surface area contributed by atoms with Crippen molar-refractivity contribution < 1.29 is 10.0 Å². The highest BCUT2D eigenvalue weighted by Gasteiger charge is 2.37. The molecule has 2 atom stereocenters. The van der Waals surface area contributed by atoms with Crippen LogP contribution in [0.4, 0.5) is 0 Å². The van der Waals surface area contributed by atoms with E-state index in [2.05, 4.69) is 23.0 Å². The Bertz CT molecular complexity index is 1400. The molecule has 1 aliphatic heterocycles. The number of nitrogens with zero attached hydrogens (tertiary/aromatic N) is 1. The van der Waals surface area contributed by atoms with Gasteiger partial charge < -0.3 is 15.0 Å². The number of aromatic nitrogens is 3. The molecule has 158 valence electrons. The highest BCUT2D eigenvalue weighted by atomic mass is 16.3. The van der Waals surface area contributed by atoms with Gasteiger partial charge in [-0.3, -0.25) is 9.78 Å². The van der Waals surface area contributed by atoms with E-state index in [-0.39, 0.29) is 11.4 Å². The van der Waals surface area contributed by atoms with Crippen LogP contribution in [0.15, 0.2) is 58.1 Å². The summed E-state index contributed by atoms with van der Waals surface area (Å²) in [5.41, 5.74) is 3.71. The van der Waals surface area contributed by atoms with Gasteiger partial charge >= 0.3 is 5.69 Å². The van der Waals surface area contributed by atoms with Crippen molar-refractivity contribution in [2.24, 2.45) is 0 Å². The lowest BCUT2D eigenvalue weighted by Gasteiger charge is -2.30. The highest BCUT2D eigenvalue weighted by molar-refractivity contribution is 5.85. The number of fused-ring (bicyclic) bond motifs is 3. The smallest absolute Gasteiger partial charge is 0.335 e. The van der Waals surface area contributed by atoms with E-state index in [0.29, 0.717) is 5.69 Å². The van der Waals surface area contributed by atoms with Crippen LogP contribution in [-0.4, -0.2) is 33.2 Å². The summed E-state index contributed by atoms with van der Waals surface area (Å²) in [6.07, 6.45) is 1.75. The molecule has 7 nitrogen and oxygen atoms in total. The molecule has 1 aliphatic rings. The normalized spacial score (nSPS) is 18.3. The second kappa shape index (κ2) is 7.28. The Morgan fingerprint density at radius 2 is 1.84 bits per heavy atom. The summed E-state index contributed by atoms with van der Waals surface area (Å²) in [4.78, 5) is 32.6. The van der Waals surface area contributed by atoms with E-state index >= 15 is 0 Å². The zero-order chi connectivity index (χ0) is 21.7. The molecule has 0 radical (unpaired) electrons. The number of benzene rings is 2. The fraction of sp³-hybridized carbons (Fsp3) is 0.250. The maximum atomic E-state index is 13.0. The van der Waals surface area contributed by atoms with Gasteiger partial charge in [0.1, 0.15) is 5.56 Å². The minimum absolute atomic E-state index is 0.198. The first-order valence-electron chi connectivity index (χ1n) is 10.6. The third kappa shape index (κ3) is 3.00. The maximum Gasteiger partial charge on any atom is 0.335 e. The largest absolute Gasteiger partial charge is 0.494 e. The molecule has 0 fully saturated rings. The van der Waals surface area contributed by atoms with E-state index < -0.39 is 17.3 Å². The first-order valence-corrected chi connectivity index (χ1v) is 10.6. The van der Waals surface area contributed by atoms with Crippen molar-refractivity contribution in [1.29, 1.82) is 0 Å². The Balaban J connectivity index is 1.74. The molecule has 0 aliphatic carbocycles. The van der Waals surface area contributed by atoms with Crippen molar-refractivity contribution in [3.05, 3.63) is 91.8 Å². The number of hydrogen-bond acceptors (Lipinski definition) is 3. The minimum Gasteiger partial charge on any atom is -0.494 e. The molecule has 0 spiro atoms. The number of aromatic amines is 2. The Labute approximate surface area is 178 Å². The van der Waals surface area contributed by atoms with E-state index in [4.69, 9.17) is 0 Å². The molecule has 31 heavy (non-hydrogen) atoms. The van der Waals surface area contributed by atoms with Gasteiger partial charge in [0.05, 0.1) is 25.0 Å². The number of H-pyrrole nitrogens is 2. The second-order valence-corrected chi connectivity index (χ2v) is 8.19. The van der Waals surface area contributed by atoms with Gasteiger partial charge in [-0.15, -0.1) is 0 Å². The molecule has 4 N–H and O–H groups in total. The fourth-order valence-corrected chi connectivity index (χ4v) is 4.76. The zero-order valence-electron chi connectivity index (χ0n) is 17.5. The van der Waals surface area contributed by atoms with Crippen molar-refractivity contribution in [3.63, 3.8) is 0 Å². The predicted octanol–water partition coefficient (Wildman–Crippen LogP) is 1.44.